The maximum atomic E-state index is 11.6. The Kier molecular flexibility index (Phi) is 2.67. The summed E-state index contributed by atoms with van der Waals surface area (Å²) in [5, 5.41) is 8.88. The predicted octanol–water partition coefficient (Wildman–Crippen LogP) is 0.916. The Balaban J connectivity index is 2.08. The van der Waals surface area contributed by atoms with Crippen molar-refractivity contribution in [3.05, 3.63) is 23.6 Å². The molecule has 0 bridgehead atoms. The standard InChI is InChI=1S/C9H11N5O2/c1-3-6-11-7(14-13-6)8(15)12-9-10-5(2)4-16-9/h4H,3H2,1-2H3,(H,10,12,15)(H,11,13,14). The van der Waals surface area contributed by atoms with Crippen LogP contribution in [0, 0.1) is 6.92 Å². The number of hydrogen-bond acceptors (Lipinski definition) is 5. The molecule has 0 aromatic carbocycles. The lowest BCUT2D eigenvalue weighted by molar-refractivity contribution is 0.101. The van der Waals surface area contributed by atoms with Crippen LogP contribution in [0.2, 0.25) is 0 Å². The van der Waals surface area contributed by atoms with Crippen molar-refractivity contribution in [2.75, 3.05) is 5.32 Å². The minimum absolute atomic E-state index is 0.0766. The largest absolute Gasteiger partial charge is 0.432 e. The molecule has 0 radical (unpaired) electrons. The van der Waals surface area contributed by atoms with E-state index in [0.29, 0.717) is 17.9 Å². The summed E-state index contributed by atoms with van der Waals surface area (Å²) in [5.74, 6) is 0.291. The number of aromatic amines is 1. The summed E-state index contributed by atoms with van der Waals surface area (Å²) in [7, 11) is 0. The van der Waals surface area contributed by atoms with Crippen LogP contribution in [0.25, 0.3) is 0 Å². The van der Waals surface area contributed by atoms with Gasteiger partial charge in [0.25, 0.3) is 5.91 Å². The highest BCUT2D eigenvalue weighted by atomic mass is 16.4. The maximum absolute atomic E-state index is 11.6. The minimum atomic E-state index is -0.446. The van der Waals surface area contributed by atoms with Crippen LogP contribution in [0.3, 0.4) is 0 Å². The fraction of sp³-hybridized carbons (Fsp3) is 0.333. The first-order valence-corrected chi connectivity index (χ1v) is 4.83. The molecule has 0 unspecified atom stereocenters. The quantitative estimate of drug-likeness (QED) is 0.803. The molecule has 0 spiro atoms. The van der Waals surface area contributed by atoms with Crippen molar-refractivity contribution in [2.45, 2.75) is 20.3 Å². The van der Waals surface area contributed by atoms with Gasteiger partial charge in [0.1, 0.15) is 12.1 Å². The topological polar surface area (TPSA) is 96.7 Å². The number of aromatic nitrogens is 4. The minimum Gasteiger partial charge on any atom is -0.432 e. The summed E-state index contributed by atoms with van der Waals surface area (Å²) in [5.41, 5.74) is 0.694. The van der Waals surface area contributed by atoms with Gasteiger partial charge < -0.3 is 4.42 Å². The van der Waals surface area contributed by atoms with E-state index in [9.17, 15) is 4.79 Å². The Labute approximate surface area is 91.3 Å². The second-order valence-corrected chi connectivity index (χ2v) is 3.21. The normalized spacial score (nSPS) is 10.4. The summed E-state index contributed by atoms with van der Waals surface area (Å²) >= 11 is 0. The Bertz CT molecular complexity index is 501. The SMILES string of the molecule is CCc1nc(C(=O)Nc2nc(C)co2)n[nH]1. The molecule has 2 aromatic rings. The Morgan fingerprint density at radius 2 is 2.38 bits per heavy atom. The average molecular weight is 221 g/mol. The second kappa shape index (κ2) is 4.13. The number of nitrogens with zero attached hydrogens (tertiary/aromatic N) is 3. The van der Waals surface area contributed by atoms with E-state index in [1.54, 1.807) is 6.92 Å². The van der Waals surface area contributed by atoms with Crippen molar-refractivity contribution in [1.82, 2.24) is 20.2 Å². The fourth-order valence-electron chi connectivity index (χ4n) is 1.12. The van der Waals surface area contributed by atoms with Crippen LogP contribution in [-0.4, -0.2) is 26.1 Å². The molecule has 7 nitrogen and oxygen atoms in total. The van der Waals surface area contributed by atoms with E-state index in [4.69, 9.17) is 4.42 Å². The molecular weight excluding hydrogens is 210 g/mol. The van der Waals surface area contributed by atoms with E-state index in [0.717, 1.165) is 0 Å². The van der Waals surface area contributed by atoms with Gasteiger partial charge in [-0.2, -0.15) is 4.98 Å². The lowest BCUT2D eigenvalue weighted by Gasteiger charge is -1.94. The van der Waals surface area contributed by atoms with Crippen LogP contribution in [0.15, 0.2) is 10.7 Å². The van der Waals surface area contributed by atoms with Gasteiger partial charge in [0.2, 0.25) is 5.82 Å². The van der Waals surface area contributed by atoms with E-state index >= 15 is 0 Å². The number of anilines is 1. The smallest absolute Gasteiger partial charge is 0.301 e. The van der Waals surface area contributed by atoms with Gasteiger partial charge in [-0.3, -0.25) is 15.2 Å². The lowest BCUT2D eigenvalue weighted by Crippen LogP contribution is -2.14. The van der Waals surface area contributed by atoms with Crippen molar-refractivity contribution >= 4 is 11.9 Å². The molecule has 0 fully saturated rings. The highest BCUT2D eigenvalue weighted by Gasteiger charge is 2.14. The molecule has 2 heterocycles. The first-order valence-electron chi connectivity index (χ1n) is 4.83. The summed E-state index contributed by atoms with van der Waals surface area (Å²) in [4.78, 5) is 19.5. The molecular formula is C9H11N5O2. The first kappa shape index (κ1) is 10.3. The van der Waals surface area contributed by atoms with Gasteiger partial charge in [-0.15, -0.1) is 5.10 Å². The van der Waals surface area contributed by atoms with E-state index in [2.05, 4.69) is 25.5 Å². The van der Waals surface area contributed by atoms with Gasteiger partial charge >= 0.3 is 6.01 Å². The summed E-state index contributed by atoms with van der Waals surface area (Å²) in [6.07, 6.45) is 2.14. The van der Waals surface area contributed by atoms with Gasteiger partial charge in [0, 0.05) is 6.42 Å². The Hall–Kier alpha value is -2.18. The third-order valence-electron chi connectivity index (χ3n) is 1.91. The molecule has 2 N–H and O–H groups in total. The van der Waals surface area contributed by atoms with Crippen molar-refractivity contribution in [3.63, 3.8) is 0 Å². The maximum Gasteiger partial charge on any atom is 0.301 e. The van der Waals surface area contributed by atoms with Gasteiger partial charge in [-0.1, -0.05) is 6.92 Å². The Morgan fingerprint density at radius 3 is 2.94 bits per heavy atom. The van der Waals surface area contributed by atoms with E-state index in [1.165, 1.54) is 6.26 Å². The number of amides is 1. The van der Waals surface area contributed by atoms with Gasteiger partial charge in [-0.05, 0) is 6.92 Å². The van der Waals surface area contributed by atoms with Crippen LogP contribution in [0.1, 0.15) is 29.1 Å². The number of oxazole rings is 1. The van der Waals surface area contributed by atoms with Crippen molar-refractivity contribution in [2.24, 2.45) is 0 Å². The number of aryl methyl sites for hydroxylation is 2. The zero-order valence-corrected chi connectivity index (χ0v) is 8.94. The first-order chi connectivity index (χ1) is 7.69. The van der Waals surface area contributed by atoms with E-state index < -0.39 is 5.91 Å². The highest BCUT2D eigenvalue weighted by Crippen LogP contribution is 2.07. The molecule has 2 rings (SSSR count). The van der Waals surface area contributed by atoms with Crippen molar-refractivity contribution in [1.29, 1.82) is 0 Å². The van der Waals surface area contributed by atoms with Gasteiger partial charge in [0.05, 0.1) is 5.69 Å². The molecule has 0 saturated carbocycles. The van der Waals surface area contributed by atoms with E-state index in [-0.39, 0.29) is 11.8 Å². The molecule has 2 aromatic heterocycles. The zero-order chi connectivity index (χ0) is 11.5. The zero-order valence-electron chi connectivity index (χ0n) is 8.94. The summed E-state index contributed by atoms with van der Waals surface area (Å²) in [6.45, 7) is 3.68. The number of rotatable bonds is 3. The molecule has 16 heavy (non-hydrogen) atoms. The third-order valence-corrected chi connectivity index (χ3v) is 1.91. The van der Waals surface area contributed by atoms with Crippen LogP contribution < -0.4 is 5.32 Å². The van der Waals surface area contributed by atoms with Crippen molar-refractivity contribution in [3.8, 4) is 0 Å². The van der Waals surface area contributed by atoms with Gasteiger partial charge in [0.15, 0.2) is 0 Å². The number of hydrogen-bond donors (Lipinski definition) is 2. The lowest BCUT2D eigenvalue weighted by atomic mass is 10.5. The summed E-state index contributed by atoms with van der Waals surface area (Å²) < 4.78 is 4.98. The molecule has 0 atom stereocenters. The number of H-pyrrole nitrogens is 1. The average Bonchev–Trinajstić information content (AvgIpc) is 2.87. The van der Waals surface area contributed by atoms with Crippen LogP contribution in [0.5, 0.6) is 0 Å². The van der Waals surface area contributed by atoms with Crippen LogP contribution in [0.4, 0.5) is 6.01 Å². The van der Waals surface area contributed by atoms with Crippen molar-refractivity contribution < 1.29 is 9.21 Å². The number of carbonyl (C=O) groups is 1. The summed E-state index contributed by atoms with van der Waals surface area (Å²) in [6, 6.07) is 0.144. The Morgan fingerprint density at radius 1 is 1.56 bits per heavy atom. The number of carbonyl (C=O) groups excluding carboxylic acids is 1. The fourth-order valence-corrected chi connectivity index (χ4v) is 1.12. The van der Waals surface area contributed by atoms with Crippen LogP contribution in [-0.2, 0) is 6.42 Å². The molecule has 84 valence electrons. The van der Waals surface area contributed by atoms with Crippen LogP contribution >= 0.6 is 0 Å². The highest BCUT2D eigenvalue weighted by molar-refractivity contribution is 6.00. The molecule has 0 aliphatic rings. The predicted molar refractivity (Wildman–Crippen MR) is 55.0 cm³/mol. The molecule has 0 aliphatic carbocycles. The third kappa shape index (κ3) is 2.08. The second-order valence-electron chi connectivity index (χ2n) is 3.21. The molecule has 0 aliphatic heterocycles. The van der Waals surface area contributed by atoms with Gasteiger partial charge in [-0.25, -0.2) is 4.98 Å². The van der Waals surface area contributed by atoms with E-state index in [1.807, 2.05) is 6.92 Å². The molecule has 7 heteroatoms. The molecule has 0 saturated heterocycles. The number of nitrogens with one attached hydrogen (secondary N) is 2. The molecule has 1 amide bonds. The monoisotopic (exact) mass is 221 g/mol.